The number of carbonyl (C=O) groups is 1. The van der Waals surface area contributed by atoms with Crippen molar-refractivity contribution in [3.63, 3.8) is 0 Å². The van der Waals surface area contributed by atoms with Crippen molar-refractivity contribution in [3.8, 4) is 0 Å². The van der Waals surface area contributed by atoms with Crippen LogP contribution in [0.3, 0.4) is 0 Å². The highest BCUT2D eigenvalue weighted by atomic mass is 35.5. The first-order chi connectivity index (χ1) is 21.8. The SMILES string of the molecule is CCN(CC)c1ccc(N=C(C(=O)Nc2cc(NS(=O)O)ccc2Cl)c2nc3[nH]ccc3c(=O)n2CCCNS(C)(=O)=O)c(C)c1. The van der Waals surface area contributed by atoms with Gasteiger partial charge in [-0.1, -0.05) is 11.6 Å². The normalized spacial score (nSPS) is 12.7. The molecule has 0 bridgehead atoms. The van der Waals surface area contributed by atoms with Gasteiger partial charge in [0.05, 0.1) is 33.7 Å². The number of aromatic nitrogens is 3. The summed E-state index contributed by atoms with van der Waals surface area (Å²) in [5.41, 5.74) is 2.06. The summed E-state index contributed by atoms with van der Waals surface area (Å²) in [6.45, 7) is 7.61. The van der Waals surface area contributed by atoms with E-state index in [1.54, 1.807) is 18.3 Å². The van der Waals surface area contributed by atoms with Gasteiger partial charge in [-0.15, -0.1) is 0 Å². The fourth-order valence-electron chi connectivity index (χ4n) is 4.76. The van der Waals surface area contributed by atoms with Crippen LogP contribution < -0.4 is 25.2 Å². The molecule has 1 unspecified atom stereocenters. The minimum atomic E-state index is -3.47. The van der Waals surface area contributed by atoms with E-state index in [1.165, 1.54) is 22.8 Å². The molecule has 0 aliphatic rings. The molecule has 4 aromatic rings. The average Bonchev–Trinajstić information content (AvgIpc) is 3.46. The summed E-state index contributed by atoms with van der Waals surface area (Å²) in [6, 6.07) is 11.5. The molecule has 246 valence electrons. The predicted molar refractivity (Wildman–Crippen MR) is 183 cm³/mol. The van der Waals surface area contributed by atoms with E-state index in [2.05, 4.69) is 29.6 Å². The molecule has 1 amide bonds. The smallest absolute Gasteiger partial charge is 0.278 e. The Balaban J connectivity index is 1.87. The van der Waals surface area contributed by atoms with Crippen molar-refractivity contribution in [3.05, 3.63) is 75.4 Å². The number of anilines is 3. The number of nitrogens with zero attached hydrogens (tertiary/aromatic N) is 4. The van der Waals surface area contributed by atoms with E-state index in [4.69, 9.17) is 16.6 Å². The van der Waals surface area contributed by atoms with Gasteiger partial charge in [-0.2, -0.15) is 0 Å². The zero-order chi connectivity index (χ0) is 33.6. The van der Waals surface area contributed by atoms with Gasteiger partial charge in [0.2, 0.25) is 10.0 Å². The number of nitrogens with one attached hydrogen (secondary N) is 4. The van der Waals surface area contributed by atoms with Crippen molar-refractivity contribution in [2.24, 2.45) is 4.99 Å². The maximum Gasteiger partial charge on any atom is 0.278 e. The second-order valence-electron chi connectivity index (χ2n) is 10.3. The van der Waals surface area contributed by atoms with Gasteiger partial charge in [0.15, 0.2) is 11.5 Å². The zero-order valence-corrected chi connectivity index (χ0v) is 28.0. The molecule has 2 aromatic heterocycles. The van der Waals surface area contributed by atoms with Crippen LogP contribution in [0.2, 0.25) is 5.02 Å². The molecule has 0 fully saturated rings. The Labute approximate surface area is 273 Å². The lowest BCUT2D eigenvalue weighted by Gasteiger charge is -2.22. The second kappa shape index (κ2) is 15.0. The van der Waals surface area contributed by atoms with E-state index in [0.717, 1.165) is 30.6 Å². The first-order valence-electron chi connectivity index (χ1n) is 14.3. The third-order valence-electron chi connectivity index (χ3n) is 6.98. The van der Waals surface area contributed by atoms with Gasteiger partial charge in [-0.25, -0.2) is 27.3 Å². The third kappa shape index (κ3) is 8.58. The van der Waals surface area contributed by atoms with Crippen molar-refractivity contribution in [1.29, 1.82) is 0 Å². The van der Waals surface area contributed by atoms with Crippen LogP contribution in [0.4, 0.5) is 22.7 Å². The molecule has 5 N–H and O–H groups in total. The van der Waals surface area contributed by atoms with E-state index in [0.29, 0.717) is 5.69 Å². The Morgan fingerprint density at radius 2 is 1.91 bits per heavy atom. The van der Waals surface area contributed by atoms with Gasteiger partial charge < -0.3 is 15.2 Å². The van der Waals surface area contributed by atoms with Crippen molar-refractivity contribution in [2.75, 3.05) is 40.8 Å². The summed E-state index contributed by atoms with van der Waals surface area (Å²) < 4.78 is 49.8. The summed E-state index contributed by atoms with van der Waals surface area (Å²) in [5, 5.41) is 3.11. The Hall–Kier alpha value is -4.09. The lowest BCUT2D eigenvalue weighted by Crippen LogP contribution is -2.34. The monoisotopic (exact) mass is 690 g/mol. The van der Waals surface area contributed by atoms with Gasteiger partial charge in [0.1, 0.15) is 5.65 Å². The molecule has 46 heavy (non-hydrogen) atoms. The number of sulfonamides is 1. The van der Waals surface area contributed by atoms with E-state index < -0.39 is 32.8 Å². The summed E-state index contributed by atoms with van der Waals surface area (Å²) in [5.74, 6) is -0.830. The average molecular weight is 691 g/mol. The number of H-pyrrole nitrogens is 1. The van der Waals surface area contributed by atoms with Gasteiger partial charge >= 0.3 is 0 Å². The number of carbonyl (C=O) groups excluding carboxylic acids is 1. The Bertz CT molecular complexity index is 1970. The van der Waals surface area contributed by atoms with Crippen LogP contribution in [0.5, 0.6) is 0 Å². The largest absolute Gasteiger partial charge is 0.372 e. The molecule has 0 saturated carbocycles. The second-order valence-corrected chi connectivity index (χ2v) is 13.2. The Morgan fingerprint density at radius 3 is 2.57 bits per heavy atom. The predicted octanol–water partition coefficient (Wildman–Crippen LogP) is 3.78. The third-order valence-corrected chi connectivity index (χ3v) is 8.45. The highest BCUT2D eigenvalue weighted by Crippen LogP contribution is 2.28. The van der Waals surface area contributed by atoms with Crippen LogP contribution in [0.15, 0.2) is 58.4 Å². The molecule has 0 saturated heterocycles. The lowest BCUT2D eigenvalue weighted by atomic mass is 10.1. The molecule has 0 radical (unpaired) electrons. The first-order valence-corrected chi connectivity index (χ1v) is 17.6. The Kier molecular flexibility index (Phi) is 11.3. The van der Waals surface area contributed by atoms with Crippen LogP contribution >= 0.6 is 11.6 Å². The first kappa shape index (κ1) is 34.8. The summed E-state index contributed by atoms with van der Waals surface area (Å²) in [4.78, 5) is 42.2. The molecule has 0 spiro atoms. The zero-order valence-electron chi connectivity index (χ0n) is 25.6. The maximum absolute atomic E-state index is 14.1. The number of hydrogen-bond acceptors (Lipinski definition) is 8. The van der Waals surface area contributed by atoms with Crippen LogP contribution in [0.25, 0.3) is 11.0 Å². The van der Waals surface area contributed by atoms with E-state index in [9.17, 15) is 26.8 Å². The van der Waals surface area contributed by atoms with Crippen LogP contribution in [0.1, 0.15) is 31.7 Å². The van der Waals surface area contributed by atoms with Gasteiger partial charge in [-0.05, 0) is 75.2 Å². The molecule has 17 heteroatoms. The maximum atomic E-state index is 14.1. The molecular weight excluding hydrogens is 656 g/mol. The molecule has 2 heterocycles. The number of aryl methyl sites for hydroxylation is 1. The number of aromatic amines is 1. The Morgan fingerprint density at radius 1 is 1.17 bits per heavy atom. The molecule has 4 rings (SSSR count). The molecule has 2 aromatic carbocycles. The molecule has 0 aliphatic carbocycles. The molecule has 0 aliphatic heterocycles. The number of hydrogen-bond donors (Lipinski definition) is 5. The highest BCUT2D eigenvalue weighted by molar-refractivity contribution is 7.88. The van der Waals surface area contributed by atoms with E-state index in [-0.39, 0.29) is 58.5 Å². The summed E-state index contributed by atoms with van der Waals surface area (Å²) >= 11 is 4.00. The number of rotatable bonds is 14. The lowest BCUT2D eigenvalue weighted by molar-refractivity contribution is -0.110. The number of halogens is 1. The fourth-order valence-corrected chi connectivity index (χ4v) is 5.77. The van der Waals surface area contributed by atoms with Crippen molar-refractivity contribution in [1.82, 2.24) is 19.3 Å². The molecular formula is C29H35ClN8O6S2. The summed E-state index contributed by atoms with van der Waals surface area (Å²) in [7, 11) is -3.47. The summed E-state index contributed by atoms with van der Waals surface area (Å²) in [6.07, 6.45) is 2.80. The number of benzene rings is 2. The van der Waals surface area contributed by atoms with Crippen molar-refractivity contribution in [2.45, 2.75) is 33.7 Å². The van der Waals surface area contributed by atoms with Gasteiger partial charge in [-0.3, -0.25) is 23.4 Å². The number of amides is 1. The van der Waals surface area contributed by atoms with E-state index in [1.807, 2.05) is 32.9 Å². The molecule has 14 nitrogen and oxygen atoms in total. The van der Waals surface area contributed by atoms with Crippen molar-refractivity contribution < 1.29 is 22.0 Å². The minimum Gasteiger partial charge on any atom is -0.372 e. The topological polar surface area (TPSA) is 191 Å². The van der Waals surface area contributed by atoms with Gasteiger partial charge in [0.25, 0.3) is 22.7 Å². The van der Waals surface area contributed by atoms with E-state index >= 15 is 0 Å². The number of aliphatic imine (C=N–C) groups is 1. The van der Waals surface area contributed by atoms with Crippen LogP contribution in [-0.4, -0.2) is 69.2 Å². The quantitative estimate of drug-likeness (QED) is 0.0750. The van der Waals surface area contributed by atoms with Crippen molar-refractivity contribution >= 4 is 78.3 Å². The standard InChI is InChI=1S/C29H35ClN8O6S2/c1-5-37(6-2)20-9-11-23(18(3)16-20)33-25(28(39)34-24-17-19(36-45(41)42)8-10-22(24)30)27-35-26-21(12-14-31-26)29(40)38(27)15-7-13-32-46(4,43)44/h8-12,14,16-17,31-32,36H,5-7,13,15H2,1-4H3,(H,34,39)(H,41,42). The minimum absolute atomic E-state index is 0.0134. The van der Waals surface area contributed by atoms with Crippen LogP contribution in [0, 0.1) is 6.92 Å². The van der Waals surface area contributed by atoms with Gasteiger partial charge in [0, 0.05) is 38.1 Å². The number of fused-ring (bicyclic) bond motifs is 1. The molecule has 1 atom stereocenters. The van der Waals surface area contributed by atoms with Crippen LogP contribution in [-0.2, 0) is 32.6 Å². The fraction of sp³-hybridized carbons (Fsp3) is 0.310. The highest BCUT2D eigenvalue weighted by Gasteiger charge is 2.24.